The molecule has 31 heavy (non-hydrogen) atoms. The second-order valence-corrected chi connectivity index (χ2v) is 8.39. The highest BCUT2D eigenvalue weighted by atomic mass is 19.3. The van der Waals surface area contributed by atoms with Gasteiger partial charge in [-0.1, -0.05) is 0 Å². The summed E-state index contributed by atoms with van der Waals surface area (Å²) in [6.07, 6.45) is 4.55. The van der Waals surface area contributed by atoms with Crippen LogP contribution in [0, 0.1) is 11.9 Å². The maximum Gasteiger partial charge on any atom is 0.252 e. The molecule has 10 heteroatoms. The highest BCUT2D eigenvalue weighted by molar-refractivity contribution is 6.18. The number of alkyl halides is 2. The average molecular weight is 430 g/mol. The number of pyridine rings is 1. The number of aromatic amines is 1. The minimum absolute atomic E-state index is 0.123. The predicted molar refractivity (Wildman–Crippen MR) is 109 cm³/mol. The molecule has 3 heterocycles. The van der Waals surface area contributed by atoms with Crippen molar-refractivity contribution in [3.63, 3.8) is 0 Å². The van der Waals surface area contributed by atoms with E-state index in [1.54, 1.807) is 0 Å². The Morgan fingerprint density at radius 1 is 1.23 bits per heavy atom. The second-order valence-electron chi connectivity index (χ2n) is 8.39. The predicted octanol–water partition coefficient (Wildman–Crippen LogP) is 4.14. The summed E-state index contributed by atoms with van der Waals surface area (Å²) in [6.45, 7) is 2.06. The van der Waals surface area contributed by atoms with E-state index in [0.717, 1.165) is 12.8 Å². The van der Waals surface area contributed by atoms with Gasteiger partial charge in [-0.15, -0.1) is 0 Å². The molecule has 0 spiro atoms. The fraction of sp³-hybridized carbons (Fsp3) is 0.429. The number of aromatic nitrogens is 4. The normalized spacial score (nSPS) is 19.1. The van der Waals surface area contributed by atoms with Crippen LogP contribution in [0.5, 0.6) is 0 Å². The van der Waals surface area contributed by atoms with E-state index in [1.807, 2.05) is 0 Å². The number of anilines is 2. The Balaban J connectivity index is 1.41. The Bertz CT molecular complexity index is 1150. The van der Waals surface area contributed by atoms with E-state index in [4.69, 9.17) is 0 Å². The molecule has 2 aliphatic rings. The molecule has 0 saturated heterocycles. The summed E-state index contributed by atoms with van der Waals surface area (Å²) in [5.74, 6) is -3.00. The summed E-state index contributed by atoms with van der Waals surface area (Å²) >= 11 is 0. The number of hydrogen-bond acceptors (Lipinski definition) is 6. The third kappa shape index (κ3) is 3.82. The van der Waals surface area contributed by atoms with Crippen molar-refractivity contribution in [3.8, 4) is 0 Å². The van der Waals surface area contributed by atoms with E-state index >= 15 is 0 Å². The van der Waals surface area contributed by atoms with Gasteiger partial charge >= 0.3 is 0 Å². The Morgan fingerprint density at radius 2 is 2.00 bits per heavy atom. The molecule has 162 valence electrons. The summed E-state index contributed by atoms with van der Waals surface area (Å²) < 4.78 is 40.6. The topological polar surface area (TPSA) is 95.6 Å². The van der Waals surface area contributed by atoms with E-state index in [2.05, 4.69) is 37.5 Å². The van der Waals surface area contributed by atoms with Crippen LogP contribution in [0.3, 0.4) is 0 Å². The molecule has 0 aromatic carbocycles. The van der Waals surface area contributed by atoms with Crippen molar-refractivity contribution in [1.29, 1.82) is 0 Å². The highest BCUT2D eigenvalue weighted by Crippen LogP contribution is 2.39. The number of carbonyl (C=O) groups is 1. The molecule has 3 aromatic heterocycles. The zero-order valence-electron chi connectivity index (χ0n) is 16.8. The zero-order chi connectivity index (χ0) is 21.8. The molecule has 2 saturated carbocycles. The van der Waals surface area contributed by atoms with E-state index < -0.39 is 23.7 Å². The lowest BCUT2D eigenvalue weighted by Gasteiger charge is -2.35. The molecule has 1 atom stereocenters. The molecular weight excluding hydrogens is 409 g/mol. The first kappa shape index (κ1) is 19.8. The quantitative estimate of drug-likeness (QED) is 0.385. The summed E-state index contributed by atoms with van der Waals surface area (Å²) in [5, 5.41) is 6.61. The minimum Gasteiger partial charge on any atom is -0.367 e. The molecule has 3 aromatic rings. The first-order chi connectivity index (χ1) is 14.8. The fourth-order valence-electron chi connectivity index (χ4n) is 3.98. The number of ketones is 1. The van der Waals surface area contributed by atoms with Crippen LogP contribution in [-0.2, 0) is 0 Å². The summed E-state index contributed by atoms with van der Waals surface area (Å²) in [6, 6.07) is 2.47. The van der Waals surface area contributed by atoms with Crippen molar-refractivity contribution in [1.82, 2.24) is 19.9 Å². The van der Waals surface area contributed by atoms with Gasteiger partial charge in [0.15, 0.2) is 5.78 Å². The number of H-pyrrole nitrogens is 1. The lowest BCUT2D eigenvalue weighted by Crippen LogP contribution is -2.44. The summed E-state index contributed by atoms with van der Waals surface area (Å²) in [5.41, 5.74) is 0.498. The van der Waals surface area contributed by atoms with Crippen LogP contribution < -0.4 is 10.6 Å². The SMILES string of the molecule is CC(Nc1ncnc2[nH]cc(C(=O)c3ccc(NC4CC(F)(F)C4)nc3F)c12)C1CC1. The van der Waals surface area contributed by atoms with Gasteiger partial charge in [0, 0.05) is 31.1 Å². The molecule has 3 N–H and O–H groups in total. The molecule has 2 fully saturated rings. The smallest absolute Gasteiger partial charge is 0.252 e. The van der Waals surface area contributed by atoms with E-state index in [9.17, 15) is 18.0 Å². The largest absolute Gasteiger partial charge is 0.367 e. The molecule has 0 aliphatic heterocycles. The van der Waals surface area contributed by atoms with Gasteiger partial charge in [0.1, 0.15) is 23.6 Å². The van der Waals surface area contributed by atoms with Crippen LogP contribution in [0.4, 0.5) is 24.8 Å². The summed E-state index contributed by atoms with van der Waals surface area (Å²) in [7, 11) is 0. The van der Waals surface area contributed by atoms with Crippen LogP contribution in [0.2, 0.25) is 0 Å². The molecule has 0 radical (unpaired) electrons. The van der Waals surface area contributed by atoms with E-state index in [1.165, 1.54) is 24.7 Å². The van der Waals surface area contributed by atoms with Crippen LogP contribution in [0.1, 0.15) is 48.5 Å². The molecule has 5 rings (SSSR count). The zero-order valence-corrected chi connectivity index (χ0v) is 16.8. The van der Waals surface area contributed by atoms with Crippen LogP contribution in [0.25, 0.3) is 11.0 Å². The first-order valence-corrected chi connectivity index (χ1v) is 10.2. The Hall–Kier alpha value is -3.17. The highest BCUT2D eigenvalue weighted by Gasteiger charge is 2.45. The van der Waals surface area contributed by atoms with Crippen molar-refractivity contribution in [2.24, 2.45) is 5.92 Å². The van der Waals surface area contributed by atoms with E-state index in [0.29, 0.717) is 22.8 Å². The Kier molecular flexibility index (Phi) is 4.60. The number of carbonyl (C=O) groups excluding carboxylic acids is 1. The van der Waals surface area contributed by atoms with Crippen molar-refractivity contribution >= 4 is 28.5 Å². The maximum absolute atomic E-state index is 14.7. The third-order valence-electron chi connectivity index (χ3n) is 5.94. The molecule has 0 bridgehead atoms. The van der Waals surface area contributed by atoms with Crippen LogP contribution >= 0.6 is 0 Å². The Labute approximate surface area is 175 Å². The Morgan fingerprint density at radius 3 is 2.68 bits per heavy atom. The standard InChI is InChI=1S/C21H21F3N6O/c1-10(11-2-3-11)28-20-16-14(8-25-19(16)26-9-27-20)17(31)13-4-5-15(30-18(13)22)29-12-6-21(23,24)7-12/h4-5,8-12H,2-3,6-7H2,1H3,(H,29,30)(H2,25,26,27,28). The van der Waals surface area contributed by atoms with Crippen LogP contribution in [0.15, 0.2) is 24.7 Å². The molecular formula is C21H21F3N6O. The van der Waals surface area contributed by atoms with Crippen molar-refractivity contribution < 1.29 is 18.0 Å². The first-order valence-electron chi connectivity index (χ1n) is 10.2. The van der Waals surface area contributed by atoms with Gasteiger partial charge in [-0.25, -0.2) is 23.7 Å². The number of nitrogens with zero attached hydrogens (tertiary/aromatic N) is 3. The van der Waals surface area contributed by atoms with Crippen molar-refractivity contribution in [2.75, 3.05) is 10.6 Å². The van der Waals surface area contributed by atoms with Gasteiger partial charge in [0.25, 0.3) is 5.92 Å². The lowest BCUT2D eigenvalue weighted by atomic mass is 9.88. The summed E-state index contributed by atoms with van der Waals surface area (Å²) in [4.78, 5) is 28.3. The van der Waals surface area contributed by atoms with Gasteiger partial charge in [-0.3, -0.25) is 4.79 Å². The van der Waals surface area contributed by atoms with Crippen LogP contribution in [-0.4, -0.2) is 43.7 Å². The number of nitrogens with one attached hydrogen (secondary N) is 3. The minimum atomic E-state index is -2.69. The number of halogens is 3. The van der Waals surface area contributed by atoms with E-state index in [-0.39, 0.29) is 35.8 Å². The maximum atomic E-state index is 14.7. The number of fused-ring (bicyclic) bond motifs is 1. The monoisotopic (exact) mass is 430 g/mol. The molecule has 7 nitrogen and oxygen atoms in total. The van der Waals surface area contributed by atoms with Gasteiger partial charge in [-0.2, -0.15) is 4.39 Å². The van der Waals surface area contributed by atoms with Crippen molar-refractivity contribution in [2.45, 2.75) is 50.6 Å². The van der Waals surface area contributed by atoms with Gasteiger partial charge < -0.3 is 15.6 Å². The number of rotatable bonds is 7. The molecule has 1 unspecified atom stereocenters. The van der Waals surface area contributed by atoms with Gasteiger partial charge in [0.05, 0.1) is 16.5 Å². The number of hydrogen-bond donors (Lipinski definition) is 3. The van der Waals surface area contributed by atoms with Gasteiger partial charge in [-0.05, 0) is 37.8 Å². The lowest BCUT2D eigenvalue weighted by molar-refractivity contribution is -0.0794. The van der Waals surface area contributed by atoms with Crippen molar-refractivity contribution in [3.05, 3.63) is 41.7 Å². The second kappa shape index (κ2) is 7.21. The molecule has 0 amide bonds. The fourth-order valence-corrected chi connectivity index (χ4v) is 3.98. The average Bonchev–Trinajstić information content (AvgIpc) is 3.46. The third-order valence-corrected chi connectivity index (χ3v) is 5.94. The molecule has 2 aliphatic carbocycles. The van der Waals surface area contributed by atoms with Gasteiger partial charge in [0.2, 0.25) is 5.95 Å².